The Labute approximate surface area is 189 Å². The first-order chi connectivity index (χ1) is 14.8. The van der Waals surface area contributed by atoms with Crippen LogP contribution in [0.2, 0.25) is 10.0 Å². The first-order valence-corrected chi connectivity index (χ1v) is 10.2. The SMILES string of the molecule is CC(=O)Cn1ccc(=O)c(OCc2ccccc2)c1C(=O)NCc1ccc(Cl)c(Cl)c1. The van der Waals surface area contributed by atoms with Crippen molar-refractivity contribution < 1.29 is 14.3 Å². The fourth-order valence-corrected chi connectivity index (χ4v) is 3.27. The summed E-state index contributed by atoms with van der Waals surface area (Å²) in [6, 6.07) is 15.5. The van der Waals surface area contributed by atoms with Crippen molar-refractivity contribution in [3.8, 4) is 5.75 Å². The van der Waals surface area contributed by atoms with Crippen molar-refractivity contribution in [2.45, 2.75) is 26.6 Å². The Balaban J connectivity index is 1.89. The second-order valence-electron chi connectivity index (χ2n) is 6.89. The smallest absolute Gasteiger partial charge is 0.272 e. The average molecular weight is 459 g/mol. The Hall–Kier alpha value is -3.09. The normalized spacial score (nSPS) is 10.5. The molecule has 0 saturated heterocycles. The molecule has 8 heteroatoms. The Morgan fingerprint density at radius 2 is 1.74 bits per heavy atom. The first-order valence-electron chi connectivity index (χ1n) is 9.47. The van der Waals surface area contributed by atoms with E-state index in [2.05, 4.69) is 5.32 Å². The van der Waals surface area contributed by atoms with Crippen LogP contribution in [-0.2, 0) is 24.5 Å². The van der Waals surface area contributed by atoms with E-state index in [4.69, 9.17) is 27.9 Å². The Morgan fingerprint density at radius 3 is 2.42 bits per heavy atom. The monoisotopic (exact) mass is 458 g/mol. The number of carbonyl (C=O) groups is 2. The molecule has 6 nitrogen and oxygen atoms in total. The summed E-state index contributed by atoms with van der Waals surface area (Å²) in [6.45, 7) is 1.59. The topological polar surface area (TPSA) is 77.4 Å². The number of pyridine rings is 1. The predicted molar refractivity (Wildman–Crippen MR) is 120 cm³/mol. The number of ether oxygens (including phenoxy) is 1. The highest BCUT2D eigenvalue weighted by Crippen LogP contribution is 2.23. The van der Waals surface area contributed by atoms with Crippen LogP contribution in [0.1, 0.15) is 28.5 Å². The number of benzene rings is 2. The number of carbonyl (C=O) groups excluding carboxylic acids is 2. The summed E-state index contributed by atoms with van der Waals surface area (Å²) in [4.78, 5) is 37.3. The number of halogens is 2. The third-order valence-electron chi connectivity index (χ3n) is 4.40. The maximum absolute atomic E-state index is 13.0. The predicted octanol–water partition coefficient (Wildman–Crippen LogP) is 4.25. The number of aromatic nitrogens is 1. The van der Waals surface area contributed by atoms with Gasteiger partial charge in [0.15, 0.2) is 11.4 Å². The minimum atomic E-state index is -0.548. The third kappa shape index (κ3) is 5.96. The van der Waals surface area contributed by atoms with Gasteiger partial charge < -0.3 is 14.6 Å². The van der Waals surface area contributed by atoms with Crippen molar-refractivity contribution >= 4 is 34.9 Å². The molecule has 1 amide bonds. The fraction of sp³-hybridized carbons (Fsp3) is 0.174. The lowest BCUT2D eigenvalue weighted by Gasteiger charge is -2.17. The van der Waals surface area contributed by atoms with Crippen LogP contribution in [0.15, 0.2) is 65.6 Å². The van der Waals surface area contributed by atoms with E-state index < -0.39 is 11.3 Å². The molecule has 31 heavy (non-hydrogen) atoms. The largest absolute Gasteiger partial charge is 0.483 e. The Bertz CT molecular complexity index is 1160. The van der Waals surface area contributed by atoms with Gasteiger partial charge in [-0.3, -0.25) is 14.4 Å². The van der Waals surface area contributed by atoms with Gasteiger partial charge in [-0.2, -0.15) is 0 Å². The molecule has 3 rings (SSSR count). The molecular weight excluding hydrogens is 439 g/mol. The van der Waals surface area contributed by atoms with Gasteiger partial charge in [0.25, 0.3) is 5.91 Å². The van der Waals surface area contributed by atoms with E-state index in [1.54, 1.807) is 18.2 Å². The standard InChI is InChI=1S/C23H20Cl2N2O4/c1-15(28)13-27-10-9-20(29)22(31-14-16-5-3-2-4-6-16)21(27)23(30)26-12-17-7-8-18(24)19(25)11-17/h2-11H,12-14H2,1H3,(H,26,30). The lowest BCUT2D eigenvalue weighted by Crippen LogP contribution is -2.30. The van der Waals surface area contributed by atoms with Crippen LogP contribution >= 0.6 is 23.2 Å². The average Bonchev–Trinajstić information content (AvgIpc) is 2.75. The van der Waals surface area contributed by atoms with Crippen LogP contribution in [0.5, 0.6) is 5.75 Å². The van der Waals surface area contributed by atoms with Crippen LogP contribution in [0, 0.1) is 0 Å². The van der Waals surface area contributed by atoms with Gasteiger partial charge in [-0.25, -0.2) is 0 Å². The van der Waals surface area contributed by atoms with Crippen LogP contribution in [-0.4, -0.2) is 16.3 Å². The lowest BCUT2D eigenvalue weighted by atomic mass is 10.2. The molecule has 0 atom stereocenters. The van der Waals surface area contributed by atoms with E-state index >= 15 is 0 Å². The molecular formula is C23H20Cl2N2O4. The van der Waals surface area contributed by atoms with Gasteiger partial charge >= 0.3 is 0 Å². The van der Waals surface area contributed by atoms with Crippen molar-refractivity contribution in [2.75, 3.05) is 0 Å². The van der Waals surface area contributed by atoms with Gasteiger partial charge in [0.05, 0.1) is 16.6 Å². The quantitative estimate of drug-likeness (QED) is 0.547. The molecule has 1 aromatic heterocycles. The maximum Gasteiger partial charge on any atom is 0.272 e. The number of rotatable bonds is 8. The number of Topliss-reactive ketones (excluding diaryl/α,β-unsaturated/α-hetero) is 1. The van der Waals surface area contributed by atoms with E-state index in [1.165, 1.54) is 23.8 Å². The molecule has 0 spiro atoms. The van der Waals surface area contributed by atoms with Crippen LogP contribution < -0.4 is 15.5 Å². The van der Waals surface area contributed by atoms with Crippen LogP contribution in [0.4, 0.5) is 0 Å². The van der Waals surface area contributed by atoms with Crippen molar-refractivity contribution in [3.63, 3.8) is 0 Å². The number of nitrogens with zero attached hydrogens (tertiary/aromatic N) is 1. The molecule has 0 fully saturated rings. The summed E-state index contributed by atoms with van der Waals surface area (Å²) in [6.07, 6.45) is 1.41. The second-order valence-corrected chi connectivity index (χ2v) is 7.71. The molecule has 0 radical (unpaired) electrons. The third-order valence-corrected chi connectivity index (χ3v) is 5.14. The molecule has 160 valence electrons. The van der Waals surface area contributed by atoms with Gasteiger partial charge in [-0.05, 0) is 30.2 Å². The van der Waals surface area contributed by atoms with Gasteiger partial charge in [-0.1, -0.05) is 59.6 Å². The van der Waals surface area contributed by atoms with E-state index in [0.717, 1.165) is 11.1 Å². The number of amides is 1. The molecule has 0 saturated carbocycles. The summed E-state index contributed by atoms with van der Waals surface area (Å²) in [5, 5.41) is 3.53. The van der Waals surface area contributed by atoms with Crippen molar-refractivity contribution in [3.05, 3.63) is 97.9 Å². The zero-order valence-electron chi connectivity index (χ0n) is 16.7. The Morgan fingerprint density at radius 1 is 1.00 bits per heavy atom. The molecule has 1 heterocycles. The highest BCUT2D eigenvalue weighted by Gasteiger charge is 2.21. The van der Waals surface area contributed by atoms with E-state index in [9.17, 15) is 14.4 Å². The molecule has 0 aliphatic heterocycles. The molecule has 0 aliphatic carbocycles. The molecule has 0 aliphatic rings. The highest BCUT2D eigenvalue weighted by molar-refractivity contribution is 6.42. The van der Waals surface area contributed by atoms with Crippen molar-refractivity contribution in [2.24, 2.45) is 0 Å². The summed E-state index contributed by atoms with van der Waals surface area (Å²) >= 11 is 12.0. The number of hydrogen-bond donors (Lipinski definition) is 1. The Kier molecular flexibility index (Phi) is 7.50. The zero-order valence-corrected chi connectivity index (χ0v) is 18.2. The lowest BCUT2D eigenvalue weighted by molar-refractivity contribution is -0.117. The molecule has 2 aromatic carbocycles. The summed E-state index contributed by atoms with van der Waals surface area (Å²) in [5.41, 5.74) is 1.10. The van der Waals surface area contributed by atoms with Crippen LogP contribution in [0.25, 0.3) is 0 Å². The van der Waals surface area contributed by atoms with Gasteiger partial charge in [0, 0.05) is 18.8 Å². The molecule has 3 aromatic rings. The molecule has 0 bridgehead atoms. The minimum absolute atomic E-state index is 0.0151. The first kappa shape index (κ1) is 22.6. The van der Waals surface area contributed by atoms with E-state index in [-0.39, 0.29) is 36.9 Å². The summed E-state index contributed by atoms with van der Waals surface area (Å²) in [7, 11) is 0. The van der Waals surface area contributed by atoms with Gasteiger partial charge in [0.2, 0.25) is 5.43 Å². The van der Waals surface area contributed by atoms with Crippen molar-refractivity contribution in [1.29, 1.82) is 0 Å². The maximum atomic E-state index is 13.0. The van der Waals surface area contributed by atoms with Gasteiger partial charge in [0.1, 0.15) is 12.4 Å². The van der Waals surface area contributed by atoms with E-state index in [0.29, 0.717) is 10.0 Å². The number of ketones is 1. The van der Waals surface area contributed by atoms with Crippen molar-refractivity contribution in [1.82, 2.24) is 9.88 Å². The number of hydrogen-bond acceptors (Lipinski definition) is 4. The second kappa shape index (κ2) is 10.3. The summed E-state index contributed by atoms with van der Waals surface area (Å²) < 4.78 is 7.15. The molecule has 1 N–H and O–H groups in total. The minimum Gasteiger partial charge on any atom is -0.483 e. The zero-order chi connectivity index (χ0) is 22.4. The highest BCUT2D eigenvalue weighted by atomic mass is 35.5. The van der Waals surface area contributed by atoms with Gasteiger partial charge in [-0.15, -0.1) is 0 Å². The van der Waals surface area contributed by atoms with Crippen LogP contribution in [0.3, 0.4) is 0 Å². The number of nitrogens with one attached hydrogen (secondary N) is 1. The summed E-state index contributed by atoms with van der Waals surface area (Å²) in [5.74, 6) is -0.830. The van der Waals surface area contributed by atoms with E-state index in [1.807, 2.05) is 30.3 Å². The fourth-order valence-electron chi connectivity index (χ4n) is 2.95. The molecule has 0 unspecified atom stereocenters.